The van der Waals surface area contributed by atoms with E-state index < -0.39 is 12.4 Å². The van der Waals surface area contributed by atoms with E-state index in [0.29, 0.717) is 5.69 Å². The number of ether oxygens (including phenoxy) is 2. The molecule has 1 aromatic rings. The average molecular weight is 259 g/mol. The molecule has 0 unspecified atom stereocenters. The van der Waals surface area contributed by atoms with Crippen LogP contribution in [0.2, 0.25) is 0 Å². The number of esters is 1. The lowest BCUT2D eigenvalue weighted by Gasteiger charge is -2.14. The minimum Gasteiger partial charge on any atom is -0.494 e. The standard InChI is InChI=1S/C12H15F2NO3/c1-4-18-9(16)5-8-6-15-7(2)11(17-3)10(8)12(13)14/h6,12H,4-5H2,1-3H3. The highest BCUT2D eigenvalue weighted by Crippen LogP contribution is 2.34. The summed E-state index contributed by atoms with van der Waals surface area (Å²) in [6.45, 7) is 3.43. The lowest BCUT2D eigenvalue weighted by Crippen LogP contribution is -2.11. The van der Waals surface area contributed by atoms with Crippen LogP contribution in [0.5, 0.6) is 5.75 Å². The summed E-state index contributed by atoms with van der Waals surface area (Å²) in [5.41, 5.74) is 0.198. The molecule has 0 N–H and O–H groups in total. The zero-order valence-corrected chi connectivity index (χ0v) is 10.5. The second-order valence-corrected chi connectivity index (χ2v) is 3.60. The van der Waals surface area contributed by atoms with Gasteiger partial charge in [0.05, 0.1) is 31.4 Å². The van der Waals surface area contributed by atoms with Gasteiger partial charge >= 0.3 is 5.97 Å². The van der Waals surface area contributed by atoms with Gasteiger partial charge in [0.1, 0.15) is 5.75 Å². The Bertz CT molecular complexity index is 436. The first-order valence-electron chi connectivity index (χ1n) is 5.47. The number of methoxy groups -OCH3 is 1. The summed E-state index contributed by atoms with van der Waals surface area (Å²) in [7, 11) is 1.30. The number of carbonyl (C=O) groups is 1. The van der Waals surface area contributed by atoms with Crippen LogP contribution in [0, 0.1) is 6.92 Å². The fraction of sp³-hybridized carbons (Fsp3) is 0.500. The smallest absolute Gasteiger partial charge is 0.310 e. The quantitative estimate of drug-likeness (QED) is 0.762. The minimum absolute atomic E-state index is 0.0202. The van der Waals surface area contributed by atoms with Gasteiger partial charge in [-0.15, -0.1) is 0 Å². The van der Waals surface area contributed by atoms with Crippen LogP contribution < -0.4 is 4.74 Å². The fourth-order valence-corrected chi connectivity index (χ4v) is 1.65. The Morgan fingerprint density at radius 2 is 2.17 bits per heavy atom. The molecule has 0 aliphatic carbocycles. The van der Waals surface area contributed by atoms with E-state index in [-0.39, 0.29) is 29.9 Å². The Morgan fingerprint density at radius 1 is 1.50 bits per heavy atom. The molecule has 0 aromatic carbocycles. The molecule has 4 nitrogen and oxygen atoms in total. The molecular weight excluding hydrogens is 244 g/mol. The third-order valence-corrected chi connectivity index (χ3v) is 2.40. The van der Waals surface area contributed by atoms with E-state index in [1.54, 1.807) is 13.8 Å². The molecule has 0 aliphatic rings. The van der Waals surface area contributed by atoms with Gasteiger partial charge in [-0.3, -0.25) is 9.78 Å². The van der Waals surface area contributed by atoms with Crippen molar-refractivity contribution in [2.75, 3.05) is 13.7 Å². The van der Waals surface area contributed by atoms with Crippen LogP contribution in [0.15, 0.2) is 6.20 Å². The highest BCUT2D eigenvalue weighted by atomic mass is 19.3. The first-order valence-corrected chi connectivity index (χ1v) is 5.47. The molecule has 0 radical (unpaired) electrons. The number of carbonyl (C=O) groups excluding carboxylic acids is 1. The number of aromatic nitrogens is 1. The van der Waals surface area contributed by atoms with E-state index >= 15 is 0 Å². The lowest BCUT2D eigenvalue weighted by molar-refractivity contribution is -0.142. The Kier molecular flexibility index (Phi) is 5.00. The maximum absolute atomic E-state index is 13.0. The minimum atomic E-state index is -2.73. The molecule has 0 saturated heterocycles. The van der Waals surface area contributed by atoms with E-state index in [1.165, 1.54) is 13.3 Å². The number of rotatable bonds is 5. The van der Waals surface area contributed by atoms with E-state index in [9.17, 15) is 13.6 Å². The van der Waals surface area contributed by atoms with E-state index in [0.717, 1.165) is 0 Å². The van der Waals surface area contributed by atoms with Crippen LogP contribution >= 0.6 is 0 Å². The molecule has 0 bridgehead atoms. The molecule has 0 atom stereocenters. The van der Waals surface area contributed by atoms with Crippen LogP contribution in [0.4, 0.5) is 8.78 Å². The van der Waals surface area contributed by atoms with Crippen LogP contribution in [0.1, 0.15) is 30.2 Å². The number of halogens is 2. The van der Waals surface area contributed by atoms with Crippen molar-refractivity contribution >= 4 is 5.97 Å². The van der Waals surface area contributed by atoms with Crippen molar-refractivity contribution in [2.45, 2.75) is 26.7 Å². The predicted octanol–water partition coefficient (Wildman–Crippen LogP) is 2.44. The van der Waals surface area contributed by atoms with Crippen molar-refractivity contribution in [2.24, 2.45) is 0 Å². The first-order chi connectivity index (χ1) is 8.51. The zero-order valence-electron chi connectivity index (χ0n) is 10.5. The SMILES string of the molecule is CCOC(=O)Cc1cnc(C)c(OC)c1C(F)F. The van der Waals surface area contributed by atoms with Gasteiger partial charge in [-0.05, 0) is 19.4 Å². The second kappa shape index (κ2) is 6.28. The topological polar surface area (TPSA) is 48.4 Å². The normalized spacial score (nSPS) is 10.6. The second-order valence-electron chi connectivity index (χ2n) is 3.60. The van der Waals surface area contributed by atoms with Gasteiger partial charge in [-0.25, -0.2) is 8.78 Å². The summed E-state index contributed by atoms with van der Waals surface area (Å²) in [6.07, 6.45) is -1.71. The summed E-state index contributed by atoms with van der Waals surface area (Å²) < 4.78 is 35.7. The maximum Gasteiger partial charge on any atom is 0.310 e. The summed E-state index contributed by atoms with van der Waals surface area (Å²) in [4.78, 5) is 15.3. The third kappa shape index (κ3) is 3.15. The van der Waals surface area contributed by atoms with Crippen molar-refractivity contribution < 1.29 is 23.0 Å². The summed E-state index contributed by atoms with van der Waals surface area (Å²) >= 11 is 0. The molecule has 0 amide bonds. The molecule has 100 valence electrons. The highest BCUT2D eigenvalue weighted by molar-refractivity contribution is 5.73. The largest absolute Gasteiger partial charge is 0.494 e. The first kappa shape index (κ1) is 14.3. The van der Waals surface area contributed by atoms with Crippen molar-refractivity contribution in [3.63, 3.8) is 0 Å². The summed E-state index contributed by atoms with van der Waals surface area (Å²) in [6, 6.07) is 0. The van der Waals surface area contributed by atoms with Gasteiger partial charge in [0, 0.05) is 6.20 Å². The van der Waals surface area contributed by atoms with Gasteiger partial charge < -0.3 is 9.47 Å². The monoisotopic (exact) mass is 259 g/mol. The predicted molar refractivity (Wildman–Crippen MR) is 60.8 cm³/mol. The summed E-state index contributed by atoms with van der Waals surface area (Å²) in [5, 5.41) is 0. The molecule has 1 aromatic heterocycles. The zero-order chi connectivity index (χ0) is 13.7. The average Bonchev–Trinajstić information content (AvgIpc) is 2.30. The Balaban J connectivity index is 3.15. The molecule has 0 fully saturated rings. The van der Waals surface area contributed by atoms with Crippen LogP contribution in [0.25, 0.3) is 0 Å². The van der Waals surface area contributed by atoms with E-state index in [4.69, 9.17) is 9.47 Å². The number of alkyl halides is 2. The molecule has 18 heavy (non-hydrogen) atoms. The number of hydrogen-bond acceptors (Lipinski definition) is 4. The molecular formula is C12H15F2NO3. The maximum atomic E-state index is 13.0. The van der Waals surface area contributed by atoms with Crippen molar-refractivity contribution in [1.82, 2.24) is 4.98 Å². The molecule has 0 saturated carbocycles. The van der Waals surface area contributed by atoms with Gasteiger partial charge in [0.2, 0.25) is 0 Å². The molecule has 1 rings (SSSR count). The number of aryl methyl sites for hydroxylation is 1. The molecule has 0 spiro atoms. The fourth-order valence-electron chi connectivity index (χ4n) is 1.65. The number of pyridine rings is 1. The lowest BCUT2D eigenvalue weighted by atomic mass is 10.1. The van der Waals surface area contributed by atoms with Gasteiger partial charge in [-0.2, -0.15) is 0 Å². The van der Waals surface area contributed by atoms with Crippen molar-refractivity contribution in [3.8, 4) is 5.75 Å². The highest BCUT2D eigenvalue weighted by Gasteiger charge is 2.23. The Hall–Kier alpha value is -1.72. The number of hydrogen-bond donors (Lipinski definition) is 0. The summed E-state index contributed by atoms with van der Waals surface area (Å²) in [5.74, 6) is -0.543. The molecule has 0 aliphatic heterocycles. The van der Waals surface area contributed by atoms with E-state index in [1.807, 2.05) is 0 Å². The Labute approximate surface area is 104 Å². The van der Waals surface area contributed by atoms with Crippen molar-refractivity contribution in [1.29, 1.82) is 0 Å². The Morgan fingerprint density at radius 3 is 2.67 bits per heavy atom. The van der Waals surface area contributed by atoms with Gasteiger partial charge in [0.15, 0.2) is 0 Å². The van der Waals surface area contributed by atoms with Crippen LogP contribution in [-0.2, 0) is 16.0 Å². The van der Waals surface area contributed by atoms with Crippen molar-refractivity contribution in [3.05, 3.63) is 23.0 Å². The van der Waals surface area contributed by atoms with Crippen LogP contribution in [-0.4, -0.2) is 24.7 Å². The van der Waals surface area contributed by atoms with Crippen LogP contribution in [0.3, 0.4) is 0 Å². The van der Waals surface area contributed by atoms with Gasteiger partial charge in [-0.1, -0.05) is 0 Å². The number of nitrogens with zero attached hydrogens (tertiary/aromatic N) is 1. The van der Waals surface area contributed by atoms with E-state index in [2.05, 4.69) is 4.98 Å². The third-order valence-electron chi connectivity index (χ3n) is 2.40. The molecule has 6 heteroatoms. The molecule has 1 heterocycles. The van der Waals surface area contributed by atoms with Gasteiger partial charge in [0.25, 0.3) is 6.43 Å².